The molecule has 0 aliphatic carbocycles. The molecule has 1 amide bonds. The summed E-state index contributed by atoms with van der Waals surface area (Å²) in [5.41, 5.74) is 2.98. The van der Waals surface area contributed by atoms with Crippen LogP contribution in [0.15, 0.2) is 34.9 Å². The van der Waals surface area contributed by atoms with E-state index in [2.05, 4.69) is 36.3 Å². The summed E-state index contributed by atoms with van der Waals surface area (Å²) in [7, 11) is 0. The lowest BCUT2D eigenvalue weighted by Crippen LogP contribution is -2.37. The third-order valence-corrected chi connectivity index (χ3v) is 4.55. The van der Waals surface area contributed by atoms with Crippen LogP contribution in [0.3, 0.4) is 0 Å². The van der Waals surface area contributed by atoms with Gasteiger partial charge in [-0.2, -0.15) is 0 Å². The summed E-state index contributed by atoms with van der Waals surface area (Å²) < 4.78 is 5.28. The van der Waals surface area contributed by atoms with Crippen molar-refractivity contribution >= 4 is 5.91 Å². The van der Waals surface area contributed by atoms with Gasteiger partial charge in [-0.3, -0.25) is 4.79 Å². The maximum atomic E-state index is 12.7. The Morgan fingerprint density at radius 3 is 2.74 bits per heavy atom. The van der Waals surface area contributed by atoms with Crippen LogP contribution in [-0.2, 0) is 6.42 Å². The van der Waals surface area contributed by atoms with Gasteiger partial charge >= 0.3 is 0 Å². The molecule has 4 nitrogen and oxygen atoms in total. The molecule has 1 saturated heterocycles. The van der Waals surface area contributed by atoms with Crippen LogP contribution >= 0.6 is 0 Å². The number of hydrogen-bond donors (Lipinski definition) is 0. The van der Waals surface area contributed by atoms with Gasteiger partial charge in [-0.15, -0.1) is 0 Å². The van der Waals surface area contributed by atoms with E-state index >= 15 is 0 Å². The quantitative estimate of drug-likeness (QED) is 0.858. The number of aryl methyl sites for hydroxylation is 1. The Balaban J connectivity index is 1.72. The third kappa shape index (κ3) is 3.46. The minimum absolute atomic E-state index is 0.00439. The Morgan fingerprint density at radius 2 is 2.09 bits per heavy atom. The van der Waals surface area contributed by atoms with Gasteiger partial charge in [0, 0.05) is 24.6 Å². The number of hydrogen-bond acceptors (Lipinski definition) is 3. The molecule has 0 N–H and O–H groups in total. The molecule has 2 heterocycles. The normalized spacial score (nSPS) is 17.9. The van der Waals surface area contributed by atoms with E-state index in [0.29, 0.717) is 5.69 Å². The van der Waals surface area contributed by atoms with Crippen LogP contribution in [0.25, 0.3) is 0 Å². The minimum atomic E-state index is -0.00439. The molecule has 3 rings (SSSR count). The predicted octanol–water partition coefficient (Wildman–Crippen LogP) is 3.95. The molecule has 1 unspecified atom stereocenters. The molecule has 1 atom stereocenters. The summed E-state index contributed by atoms with van der Waals surface area (Å²) >= 11 is 0. The molecular weight excluding hydrogens is 288 g/mol. The molecular formula is C19H24N2O2. The Morgan fingerprint density at radius 1 is 1.35 bits per heavy atom. The number of amides is 1. The SMILES string of the molecule is Cc1ccc(CC2CCCN2C(=O)c2cc(C(C)C)on2)cc1. The molecule has 0 spiro atoms. The van der Waals surface area contributed by atoms with E-state index in [1.54, 1.807) is 6.07 Å². The molecule has 0 radical (unpaired) electrons. The van der Waals surface area contributed by atoms with Crippen molar-refractivity contribution in [3.05, 3.63) is 52.9 Å². The Kier molecular flexibility index (Phi) is 4.51. The second-order valence-corrected chi connectivity index (χ2v) is 6.75. The first-order valence-corrected chi connectivity index (χ1v) is 8.37. The van der Waals surface area contributed by atoms with Crippen LogP contribution in [0.5, 0.6) is 0 Å². The molecule has 2 aromatic rings. The highest BCUT2D eigenvalue weighted by Gasteiger charge is 2.31. The highest BCUT2D eigenvalue weighted by atomic mass is 16.5. The van der Waals surface area contributed by atoms with Crippen LogP contribution in [0.4, 0.5) is 0 Å². The lowest BCUT2D eigenvalue weighted by Gasteiger charge is -2.24. The summed E-state index contributed by atoms with van der Waals surface area (Å²) in [6, 6.07) is 10.6. The average Bonchev–Trinajstić information content (AvgIpc) is 3.18. The zero-order chi connectivity index (χ0) is 16.4. The van der Waals surface area contributed by atoms with Crippen molar-refractivity contribution in [2.45, 2.75) is 52.0 Å². The summed E-state index contributed by atoms with van der Waals surface area (Å²) in [4.78, 5) is 14.7. The second-order valence-electron chi connectivity index (χ2n) is 6.75. The van der Waals surface area contributed by atoms with Gasteiger partial charge in [-0.1, -0.05) is 48.8 Å². The van der Waals surface area contributed by atoms with Crippen molar-refractivity contribution in [3.63, 3.8) is 0 Å². The van der Waals surface area contributed by atoms with E-state index in [0.717, 1.165) is 31.6 Å². The lowest BCUT2D eigenvalue weighted by molar-refractivity contribution is 0.0726. The van der Waals surface area contributed by atoms with Crippen LogP contribution in [0, 0.1) is 6.92 Å². The highest BCUT2D eigenvalue weighted by molar-refractivity contribution is 5.92. The zero-order valence-electron chi connectivity index (χ0n) is 14.1. The van der Waals surface area contributed by atoms with Gasteiger partial charge in [-0.25, -0.2) is 0 Å². The Hall–Kier alpha value is -2.10. The second kappa shape index (κ2) is 6.57. The van der Waals surface area contributed by atoms with Gasteiger partial charge < -0.3 is 9.42 Å². The number of benzene rings is 1. The topological polar surface area (TPSA) is 46.3 Å². The molecule has 1 fully saturated rings. The summed E-state index contributed by atoms with van der Waals surface area (Å²) in [5.74, 6) is 1.00. The van der Waals surface area contributed by atoms with Crippen molar-refractivity contribution in [1.82, 2.24) is 10.1 Å². The average molecular weight is 312 g/mol. The largest absolute Gasteiger partial charge is 0.360 e. The van der Waals surface area contributed by atoms with E-state index in [1.165, 1.54) is 11.1 Å². The molecule has 1 aliphatic rings. The van der Waals surface area contributed by atoms with Gasteiger partial charge in [0.2, 0.25) is 0 Å². The van der Waals surface area contributed by atoms with Crippen molar-refractivity contribution in [2.24, 2.45) is 0 Å². The molecule has 122 valence electrons. The summed E-state index contributed by atoms with van der Waals surface area (Å²) in [6.07, 6.45) is 3.01. The predicted molar refractivity (Wildman–Crippen MR) is 89.5 cm³/mol. The number of carbonyl (C=O) groups excluding carboxylic acids is 1. The molecule has 4 heteroatoms. The molecule has 1 aromatic carbocycles. The monoisotopic (exact) mass is 312 g/mol. The van der Waals surface area contributed by atoms with Crippen molar-refractivity contribution in [2.75, 3.05) is 6.54 Å². The minimum Gasteiger partial charge on any atom is -0.360 e. The first-order valence-electron chi connectivity index (χ1n) is 8.37. The van der Waals surface area contributed by atoms with Crippen LogP contribution < -0.4 is 0 Å². The fourth-order valence-electron chi connectivity index (χ4n) is 3.12. The van der Waals surface area contributed by atoms with Gasteiger partial charge in [0.1, 0.15) is 5.76 Å². The van der Waals surface area contributed by atoms with Crippen LogP contribution in [0.2, 0.25) is 0 Å². The van der Waals surface area contributed by atoms with E-state index in [9.17, 15) is 4.79 Å². The van der Waals surface area contributed by atoms with Crippen molar-refractivity contribution in [1.29, 1.82) is 0 Å². The van der Waals surface area contributed by atoms with Gasteiger partial charge in [0.15, 0.2) is 5.69 Å². The standard InChI is InChI=1S/C19H24N2O2/c1-13(2)18-12-17(20-23-18)19(22)21-10-4-5-16(21)11-15-8-6-14(3)7-9-15/h6-9,12-13,16H,4-5,10-11H2,1-3H3. The number of rotatable bonds is 4. The molecule has 23 heavy (non-hydrogen) atoms. The number of nitrogens with zero attached hydrogens (tertiary/aromatic N) is 2. The van der Waals surface area contributed by atoms with Crippen molar-refractivity contribution in [3.8, 4) is 0 Å². The van der Waals surface area contributed by atoms with E-state index in [4.69, 9.17) is 4.52 Å². The molecule has 1 aromatic heterocycles. The molecule has 0 saturated carbocycles. The fourth-order valence-corrected chi connectivity index (χ4v) is 3.12. The smallest absolute Gasteiger partial charge is 0.276 e. The summed E-state index contributed by atoms with van der Waals surface area (Å²) in [5, 5.41) is 3.97. The van der Waals surface area contributed by atoms with E-state index in [1.807, 2.05) is 18.7 Å². The maximum Gasteiger partial charge on any atom is 0.276 e. The van der Waals surface area contributed by atoms with E-state index in [-0.39, 0.29) is 17.9 Å². The Bertz CT molecular complexity index is 673. The van der Waals surface area contributed by atoms with Crippen LogP contribution in [-0.4, -0.2) is 28.6 Å². The van der Waals surface area contributed by atoms with E-state index < -0.39 is 0 Å². The highest BCUT2D eigenvalue weighted by Crippen LogP contribution is 2.24. The lowest BCUT2D eigenvalue weighted by atomic mass is 10.0. The summed E-state index contributed by atoms with van der Waals surface area (Å²) in [6.45, 7) is 6.96. The third-order valence-electron chi connectivity index (χ3n) is 4.55. The maximum absolute atomic E-state index is 12.7. The Labute approximate surface area is 137 Å². The molecule has 1 aliphatic heterocycles. The number of likely N-dealkylation sites (tertiary alicyclic amines) is 1. The number of aromatic nitrogens is 1. The first kappa shape index (κ1) is 15.8. The zero-order valence-corrected chi connectivity index (χ0v) is 14.1. The first-order chi connectivity index (χ1) is 11.0. The van der Waals surface area contributed by atoms with Crippen molar-refractivity contribution < 1.29 is 9.32 Å². The fraction of sp³-hybridized carbons (Fsp3) is 0.474. The van der Waals surface area contributed by atoms with Gasteiger partial charge in [0.25, 0.3) is 5.91 Å². The van der Waals surface area contributed by atoms with Crippen LogP contribution in [0.1, 0.15) is 60.0 Å². The van der Waals surface area contributed by atoms with Gasteiger partial charge in [-0.05, 0) is 31.7 Å². The van der Waals surface area contributed by atoms with Gasteiger partial charge in [0.05, 0.1) is 0 Å². The number of carbonyl (C=O) groups is 1. The molecule has 0 bridgehead atoms.